The number of hydrogen-bond donors (Lipinski definition) is 0. The molecule has 0 aromatic rings. The molecule has 72 valence electrons. The molecule has 1 atom stereocenters. The van der Waals surface area contributed by atoms with Crippen molar-refractivity contribution in [2.75, 3.05) is 0 Å². The van der Waals surface area contributed by atoms with Gasteiger partial charge in [0.25, 0.3) is 0 Å². The molecule has 0 aliphatic rings. The first-order chi connectivity index (χ1) is 4.96. The van der Waals surface area contributed by atoms with Crippen LogP contribution < -0.4 is 0 Å². The lowest BCUT2D eigenvalue weighted by molar-refractivity contribution is 0.199. The van der Waals surface area contributed by atoms with Crippen LogP contribution in [0.5, 0.6) is 0 Å². The molecule has 0 bridgehead atoms. The van der Waals surface area contributed by atoms with Gasteiger partial charge in [-0.25, -0.2) is 0 Å². The minimum absolute atomic E-state index is 0.403. The summed E-state index contributed by atoms with van der Waals surface area (Å²) in [5.41, 5.74) is 0.844. The van der Waals surface area contributed by atoms with Gasteiger partial charge in [-0.05, 0) is 17.3 Å². The van der Waals surface area contributed by atoms with Crippen molar-refractivity contribution in [3.05, 3.63) is 0 Å². The first-order valence-corrected chi connectivity index (χ1v) is 4.96. The van der Waals surface area contributed by atoms with Crippen molar-refractivity contribution in [2.45, 2.75) is 60.2 Å². The van der Waals surface area contributed by atoms with Gasteiger partial charge in [0.05, 0.1) is 0 Å². The van der Waals surface area contributed by atoms with Crippen molar-refractivity contribution < 1.29 is 0 Å². The molecular formula is C11H25B. The summed E-state index contributed by atoms with van der Waals surface area (Å²) in [4.78, 5) is 0. The normalized spacial score (nSPS) is 18.9. The summed E-state index contributed by atoms with van der Waals surface area (Å²) >= 11 is 0. The summed E-state index contributed by atoms with van der Waals surface area (Å²) in [5.74, 6) is 0. The summed E-state index contributed by atoms with van der Waals surface area (Å²) in [6, 6.07) is 0. The Hall–Kier alpha value is 0.0649. The molecule has 1 unspecified atom stereocenters. The maximum absolute atomic E-state index is 2.37. The van der Waals surface area contributed by atoms with Crippen LogP contribution in [0.25, 0.3) is 0 Å². The van der Waals surface area contributed by atoms with E-state index in [1.165, 1.54) is 6.42 Å². The lowest BCUT2D eigenvalue weighted by Crippen LogP contribution is -2.30. The largest absolute Gasteiger partial charge is 0.109 e. The molecular weight excluding hydrogens is 143 g/mol. The molecule has 0 fully saturated rings. The van der Waals surface area contributed by atoms with Gasteiger partial charge in [-0.2, -0.15) is 0 Å². The second-order valence-electron chi connectivity index (χ2n) is 6.87. The minimum atomic E-state index is 0.403. The Labute approximate surface area is 79.5 Å². The first kappa shape index (κ1) is 12.1. The minimum Gasteiger partial charge on any atom is -0.0664 e. The highest BCUT2D eigenvalue weighted by Crippen LogP contribution is 2.49. The Morgan fingerprint density at radius 3 is 1.25 bits per heavy atom. The predicted octanol–water partition coefficient (Wildman–Crippen LogP) is 3.28. The van der Waals surface area contributed by atoms with Crippen LogP contribution in [0.1, 0.15) is 54.9 Å². The highest BCUT2D eigenvalue weighted by atomic mass is 14.4. The third-order valence-corrected chi connectivity index (χ3v) is 3.00. The first-order valence-electron chi connectivity index (χ1n) is 4.96. The van der Waals surface area contributed by atoms with Crippen LogP contribution in [0.2, 0.25) is 5.31 Å². The van der Waals surface area contributed by atoms with Gasteiger partial charge in [0.15, 0.2) is 0 Å². The highest BCUT2D eigenvalue weighted by Gasteiger charge is 2.35. The molecule has 0 aromatic carbocycles. The van der Waals surface area contributed by atoms with Crippen LogP contribution >= 0.6 is 0 Å². The molecule has 0 amide bonds. The van der Waals surface area contributed by atoms with Crippen molar-refractivity contribution >= 4 is 7.85 Å². The van der Waals surface area contributed by atoms with E-state index in [0.29, 0.717) is 16.1 Å². The van der Waals surface area contributed by atoms with Crippen molar-refractivity contribution in [1.29, 1.82) is 0 Å². The molecule has 0 rings (SSSR count). The van der Waals surface area contributed by atoms with Crippen LogP contribution in [-0.2, 0) is 0 Å². The Balaban J connectivity index is 4.44. The Morgan fingerprint density at radius 2 is 1.17 bits per heavy atom. The zero-order valence-electron chi connectivity index (χ0n) is 10.2. The second kappa shape index (κ2) is 3.08. The fraction of sp³-hybridized carbons (Fsp3) is 1.00. The van der Waals surface area contributed by atoms with Crippen LogP contribution in [0.3, 0.4) is 0 Å². The summed E-state index contributed by atoms with van der Waals surface area (Å²) in [6.45, 7) is 16.3. The molecule has 12 heavy (non-hydrogen) atoms. The Bertz CT molecular complexity index is 143. The summed E-state index contributed by atoms with van der Waals surface area (Å²) in [6.07, 6.45) is 1.28. The van der Waals surface area contributed by atoms with Gasteiger partial charge in [-0.15, -0.1) is 0 Å². The fourth-order valence-corrected chi connectivity index (χ4v) is 1.59. The van der Waals surface area contributed by atoms with Gasteiger partial charge in [-0.3, -0.25) is 0 Å². The number of hydrogen-bond acceptors (Lipinski definition) is 0. The maximum Gasteiger partial charge on any atom is 0.109 e. The fourth-order valence-electron chi connectivity index (χ4n) is 1.59. The van der Waals surface area contributed by atoms with E-state index >= 15 is 0 Å². The second-order valence-corrected chi connectivity index (χ2v) is 6.87. The average molecular weight is 168 g/mol. The standard InChI is InChI=1S/C11H25B/c1-9(2,3)8-11(7,12)10(4,5)6/h8,12H2,1-7H3. The third kappa shape index (κ3) is 3.64. The lowest BCUT2D eigenvalue weighted by atomic mass is 9.51. The quantitative estimate of drug-likeness (QED) is 0.527. The molecule has 0 spiro atoms. The van der Waals surface area contributed by atoms with Crippen molar-refractivity contribution in [3.8, 4) is 0 Å². The highest BCUT2D eigenvalue weighted by molar-refractivity contribution is 6.15. The molecule has 0 aliphatic heterocycles. The molecule has 0 saturated carbocycles. The molecule has 0 aromatic heterocycles. The van der Waals surface area contributed by atoms with E-state index in [9.17, 15) is 0 Å². The van der Waals surface area contributed by atoms with Gasteiger partial charge in [-0.1, -0.05) is 53.8 Å². The summed E-state index contributed by atoms with van der Waals surface area (Å²) in [5, 5.41) is 0.422. The van der Waals surface area contributed by atoms with E-state index < -0.39 is 0 Å². The Kier molecular flexibility index (Phi) is 3.10. The van der Waals surface area contributed by atoms with E-state index in [1.807, 2.05) is 0 Å². The molecule has 0 radical (unpaired) electrons. The molecule has 0 nitrogen and oxygen atoms in total. The molecule has 0 aliphatic carbocycles. The average Bonchev–Trinajstić information content (AvgIpc) is 1.52. The van der Waals surface area contributed by atoms with E-state index in [-0.39, 0.29) is 0 Å². The third-order valence-electron chi connectivity index (χ3n) is 3.00. The van der Waals surface area contributed by atoms with Crippen molar-refractivity contribution in [1.82, 2.24) is 0 Å². The van der Waals surface area contributed by atoms with Gasteiger partial charge in [0, 0.05) is 0 Å². The summed E-state index contributed by atoms with van der Waals surface area (Å²) < 4.78 is 0. The molecule has 1 heteroatoms. The zero-order chi connectivity index (χ0) is 10.2. The van der Waals surface area contributed by atoms with Crippen molar-refractivity contribution in [3.63, 3.8) is 0 Å². The van der Waals surface area contributed by atoms with Gasteiger partial charge in [0.1, 0.15) is 7.85 Å². The van der Waals surface area contributed by atoms with Crippen LogP contribution in [0, 0.1) is 10.8 Å². The van der Waals surface area contributed by atoms with E-state index in [4.69, 9.17) is 0 Å². The van der Waals surface area contributed by atoms with Gasteiger partial charge in [0.2, 0.25) is 0 Å². The van der Waals surface area contributed by atoms with E-state index in [0.717, 1.165) is 0 Å². The lowest BCUT2D eigenvalue weighted by Gasteiger charge is -2.43. The monoisotopic (exact) mass is 168 g/mol. The summed E-state index contributed by atoms with van der Waals surface area (Å²) in [7, 11) is 2.37. The number of rotatable bonds is 1. The smallest absolute Gasteiger partial charge is 0.0664 e. The zero-order valence-corrected chi connectivity index (χ0v) is 10.2. The van der Waals surface area contributed by atoms with Gasteiger partial charge >= 0.3 is 0 Å². The molecule has 0 heterocycles. The Morgan fingerprint density at radius 1 is 0.833 bits per heavy atom. The SMILES string of the molecule is BC(C)(CC(C)(C)C)C(C)(C)C. The predicted molar refractivity (Wildman–Crippen MR) is 60.4 cm³/mol. The molecule has 0 N–H and O–H groups in total. The van der Waals surface area contributed by atoms with E-state index in [1.54, 1.807) is 0 Å². The van der Waals surface area contributed by atoms with Gasteiger partial charge < -0.3 is 0 Å². The van der Waals surface area contributed by atoms with Crippen LogP contribution in [0.4, 0.5) is 0 Å². The van der Waals surface area contributed by atoms with Crippen LogP contribution in [0.15, 0.2) is 0 Å². The van der Waals surface area contributed by atoms with E-state index in [2.05, 4.69) is 56.3 Å². The molecule has 0 saturated heterocycles. The van der Waals surface area contributed by atoms with Crippen LogP contribution in [-0.4, -0.2) is 7.85 Å². The van der Waals surface area contributed by atoms with Crippen molar-refractivity contribution in [2.24, 2.45) is 10.8 Å². The topological polar surface area (TPSA) is 0 Å². The maximum atomic E-state index is 2.37.